The second-order valence-electron chi connectivity index (χ2n) is 7.04. The summed E-state index contributed by atoms with van der Waals surface area (Å²) in [4.78, 5) is 9.31. The van der Waals surface area contributed by atoms with E-state index in [0.717, 1.165) is 27.0 Å². The molecule has 146 valence electrons. The number of nitrogens with one attached hydrogen (secondary N) is 2. The lowest BCUT2D eigenvalue weighted by Crippen LogP contribution is -2.30. The standard InChI is InChI=1S/C22H25BrN4O/c1-14(2)20(13-28)26-22-25-19(16-8-5-4-6-9-16)12-21(27-22)24-18-11-7-10-17(23)15(18)3/h4-12,14,20,28H,13H2,1-3H3,(H2,24,25,26,27)/t20-/m0/s1. The van der Waals surface area contributed by atoms with Crippen LogP contribution in [0.4, 0.5) is 17.5 Å². The quantitative estimate of drug-likeness (QED) is 0.459. The van der Waals surface area contributed by atoms with Crippen LogP contribution in [0.15, 0.2) is 59.1 Å². The Hall–Kier alpha value is -2.44. The second-order valence-corrected chi connectivity index (χ2v) is 7.90. The van der Waals surface area contributed by atoms with Gasteiger partial charge < -0.3 is 15.7 Å². The number of anilines is 3. The smallest absolute Gasteiger partial charge is 0.225 e. The highest BCUT2D eigenvalue weighted by Gasteiger charge is 2.15. The van der Waals surface area contributed by atoms with E-state index in [1.165, 1.54) is 0 Å². The van der Waals surface area contributed by atoms with Gasteiger partial charge in [0.1, 0.15) is 5.82 Å². The summed E-state index contributed by atoms with van der Waals surface area (Å²) in [7, 11) is 0. The van der Waals surface area contributed by atoms with E-state index in [0.29, 0.717) is 11.8 Å². The van der Waals surface area contributed by atoms with Crippen molar-refractivity contribution in [1.29, 1.82) is 0 Å². The van der Waals surface area contributed by atoms with E-state index in [1.54, 1.807) is 0 Å². The molecule has 0 aliphatic carbocycles. The van der Waals surface area contributed by atoms with Crippen LogP contribution in [-0.2, 0) is 0 Å². The number of benzene rings is 2. The minimum absolute atomic E-state index is 0.0179. The maximum Gasteiger partial charge on any atom is 0.225 e. The number of hydrogen-bond donors (Lipinski definition) is 3. The number of hydrogen-bond acceptors (Lipinski definition) is 5. The van der Waals surface area contributed by atoms with Crippen LogP contribution in [0, 0.1) is 12.8 Å². The first-order chi connectivity index (χ1) is 13.5. The van der Waals surface area contributed by atoms with Crippen LogP contribution in [0.5, 0.6) is 0 Å². The van der Waals surface area contributed by atoms with Crippen molar-refractivity contribution >= 4 is 33.4 Å². The molecular weight excluding hydrogens is 416 g/mol. The summed E-state index contributed by atoms with van der Waals surface area (Å²) in [5.74, 6) is 1.43. The first-order valence-electron chi connectivity index (χ1n) is 9.32. The van der Waals surface area contributed by atoms with Crippen LogP contribution in [0.3, 0.4) is 0 Å². The van der Waals surface area contributed by atoms with E-state index in [9.17, 15) is 5.11 Å². The van der Waals surface area contributed by atoms with Gasteiger partial charge in [0.2, 0.25) is 5.95 Å². The minimum atomic E-state index is -0.119. The molecule has 1 aromatic heterocycles. The highest BCUT2D eigenvalue weighted by Crippen LogP contribution is 2.28. The number of aliphatic hydroxyl groups is 1. The molecule has 0 radical (unpaired) electrons. The average molecular weight is 441 g/mol. The van der Waals surface area contributed by atoms with Gasteiger partial charge >= 0.3 is 0 Å². The number of aliphatic hydroxyl groups excluding tert-OH is 1. The molecule has 1 atom stereocenters. The van der Waals surface area contributed by atoms with Gasteiger partial charge in [0, 0.05) is 21.8 Å². The van der Waals surface area contributed by atoms with Crippen molar-refractivity contribution in [3.05, 3.63) is 64.6 Å². The van der Waals surface area contributed by atoms with Gasteiger partial charge in [0.25, 0.3) is 0 Å². The Morgan fingerprint density at radius 2 is 1.79 bits per heavy atom. The van der Waals surface area contributed by atoms with Crippen LogP contribution >= 0.6 is 15.9 Å². The molecule has 0 saturated heterocycles. The molecule has 0 fully saturated rings. The molecule has 0 aliphatic heterocycles. The molecule has 3 rings (SSSR count). The summed E-state index contributed by atoms with van der Waals surface area (Å²) in [5.41, 5.74) is 3.90. The molecule has 2 aromatic carbocycles. The molecule has 5 nitrogen and oxygen atoms in total. The fraction of sp³-hybridized carbons (Fsp3) is 0.273. The van der Waals surface area contributed by atoms with Crippen molar-refractivity contribution in [2.75, 3.05) is 17.2 Å². The predicted molar refractivity (Wildman–Crippen MR) is 119 cm³/mol. The van der Waals surface area contributed by atoms with Crippen molar-refractivity contribution in [2.45, 2.75) is 26.8 Å². The maximum atomic E-state index is 9.68. The summed E-state index contributed by atoms with van der Waals surface area (Å²) in [6.07, 6.45) is 0. The highest BCUT2D eigenvalue weighted by molar-refractivity contribution is 9.10. The Bertz CT molecular complexity index is 931. The average Bonchev–Trinajstić information content (AvgIpc) is 2.70. The third kappa shape index (κ3) is 4.88. The fourth-order valence-corrected chi connectivity index (χ4v) is 3.17. The molecule has 0 unspecified atom stereocenters. The van der Waals surface area contributed by atoms with Crippen LogP contribution < -0.4 is 10.6 Å². The number of rotatable bonds is 7. The monoisotopic (exact) mass is 440 g/mol. The predicted octanol–water partition coefficient (Wildman–Crippen LogP) is 5.39. The lowest BCUT2D eigenvalue weighted by atomic mass is 10.1. The Morgan fingerprint density at radius 1 is 1.04 bits per heavy atom. The second kappa shape index (κ2) is 9.17. The van der Waals surface area contributed by atoms with E-state index in [4.69, 9.17) is 0 Å². The number of nitrogens with zero attached hydrogens (tertiary/aromatic N) is 2. The fourth-order valence-electron chi connectivity index (χ4n) is 2.80. The highest BCUT2D eigenvalue weighted by atomic mass is 79.9. The molecule has 3 aromatic rings. The molecule has 3 N–H and O–H groups in total. The minimum Gasteiger partial charge on any atom is -0.394 e. The van der Waals surface area contributed by atoms with Crippen LogP contribution in [-0.4, -0.2) is 27.7 Å². The molecule has 0 amide bonds. The third-order valence-electron chi connectivity index (χ3n) is 4.64. The Balaban J connectivity index is 2.00. The number of halogens is 1. The summed E-state index contributed by atoms with van der Waals surface area (Å²) in [6, 6.07) is 17.8. The molecule has 6 heteroatoms. The van der Waals surface area contributed by atoms with Gasteiger partial charge in [-0.1, -0.05) is 66.2 Å². The van der Waals surface area contributed by atoms with Crippen molar-refractivity contribution in [1.82, 2.24) is 9.97 Å². The van der Waals surface area contributed by atoms with Crippen molar-refractivity contribution in [3.8, 4) is 11.3 Å². The SMILES string of the molecule is Cc1c(Br)cccc1Nc1cc(-c2ccccc2)nc(N[C@@H](CO)C(C)C)n1. The van der Waals surface area contributed by atoms with Gasteiger partial charge in [0.15, 0.2) is 0 Å². The Labute approximate surface area is 174 Å². The Morgan fingerprint density at radius 3 is 2.46 bits per heavy atom. The van der Waals surface area contributed by atoms with E-state index >= 15 is 0 Å². The van der Waals surface area contributed by atoms with Gasteiger partial charge in [-0.05, 0) is 30.5 Å². The summed E-state index contributed by atoms with van der Waals surface area (Å²) in [6.45, 7) is 6.17. The van der Waals surface area contributed by atoms with Gasteiger partial charge in [-0.2, -0.15) is 4.98 Å². The van der Waals surface area contributed by atoms with Gasteiger partial charge in [-0.15, -0.1) is 0 Å². The van der Waals surface area contributed by atoms with Crippen molar-refractivity contribution in [3.63, 3.8) is 0 Å². The summed E-state index contributed by atoms with van der Waals surface area (Å²) in [5, 5.41) is 16.3. The van der Waals surface area contributed by atoms with E-state index in [2.05, 4.69) is 50.4 Å². The van der Waals surface area contributed by atoms with Gasteiger partial charge in [0.05, 0.1) is 18.3 Å². The zero-order valence-electron chi connectivity index (χ0n) is 16.3. The van der Waals surface area contributed by atoms with Crippen molar-refractivity contribution < 1.29 is 5.11 Å². The molecule has 0 aliphatic rings. The van der Waals surface area contributed by atoms with Crippen LogP contribution in [0.2, 0.25) is 0 Å². The maximum absolute atomic E-state index is 9.68. The third-order valence-corrected chi connectivity index (χ3v) is 5.50. The normalized spacial score (nSPS) is 12.1. The van der Waals surface area contributed by atoms with Crippen LogP contribution in [0.1, 0.15) is 19.4 Å². The summed E-state index contributed by atoms with van der Waals surface area (Å²) < 4.78 is 1.04. The molecular formula is C22H25BrN4O. The van der Waals surface area contributed by atoms with E-state index in [-0.39, 0.29) is 18.6 Å². The zero-order chi connectivity index (χ0) is 20.1. The van der Waals surface area contributed by atoms with E-state index < -0.39 is 0 Å². The zero-order valence-corrected chi connectivity index (χ0v) is 17.9. The Kier molecular flexibility index (Phi) is 6.65. The molecule has 28 heavy (non-hydrogen) atoms. The molecule has 0 saturated carbocycles. The van der Waals surface area contributed by atoms with Gasteiger partial charge in [-0.25, -0.2) is 4.98 Å². The van der Waals surface area contributed by atoms with Crippen molar-refractivity contribution in [2.24, 2.45) is 5.92 Å². The topological polar surface area (TPSA) is 70.1 Å². The first-order valence-corrected chi connectivity index (χ1v) is 10.1. The van der Waals surface area contributed by atoms with Crippen LogP contribution in [0.25, 0.3) is 11.3 Å². The lowest BCUT2D eigenvalue weighted by Gasteiger charge is -2.21. The lowest BCUT2D eigenvalue weighted by molar-refractivity contribution is 0.248. The number of aromatic nitrogens is 2. The molecule has 0 bridgehead atoms. The van der Waals surface area contributed by atoms with E-state index in [1.807, 2.05) is 61.5 Å². The summed E-state index contributed by atoms with van der Waals surface area (Å²) >= 11 is 3.57. The first kappa shape index (κ1) is 20.3. The van der Waals surface area contributed by atoms with Gasteiger partial charge in [-0.3, -0.25) is 0 Å². The molecule has 1 heterocycles. The molecule has 0 spiro atoms. The largest absolute Gasteiger partial charge is 0.394 e.